The Kier molecular flexibility index (Phi) is 5.24. The van der Waals surface area contributed by atoms with E-state index in [0.29, 0.717) is 12.6 Å². The van der Waals surface area contributed by atoms with E-state index in [9.17, 15) is 8.42 Å². The quantitative estimate of drug-likeness (QED) is 0.858. The summed E-state index contributed by atoms with van der Waals surface area (Å²) in [7, 11) is -2.99. The summed E-state index contributed by atoms with van der Waals surface area (Å²) >= 11 is 0. The molecule has 1 saturated carbocycles. The molecule has 0 heterocycles. The van der Waals surface area contributed by atoms with Gasteiger partial charge in [0.05, 0.1) is 10.5 Å². The number of sulfone groups is 1. The summed E-state index contributed by atoms with van der Waals surface area (Å²) < 4.78 is 23.3. The largest absolute Gasteiger partial charge is 0.313 e. The van der Waals surface area contributed by atoms with Gasteiger partial charge in [0, 0.05) is 12.6 Å². The predicted octanol–water partition coefficient (Wildman–Crippen LogP) is 2.61. The molecule has 1 aliphatic rings. The van der Waals surface area contributed by atoms with Gasteiger partial charge >= 0.3 is 0 Å². The van der Waals surface area contributed by atoms with Crippen LogP contribution in [0.25, 0.3) is 0 Å². The predicted molar refractivity (Wildman–Crippen MR) is 77.5 cm³/mol. The highest BCUT2D eigenvalue weighted by Crippen LogP contribution is 2.28. The number of rotatable bonds is 4. The van der Waals surface area contributed by atoms with Crippen LogP contribution < -0.4 is 5.32 Å². The molecule has 2 unspecified atom stereocenters. The van der Waals surface area contributed by atoms with Crippen molar-refractivity contribution in [2.45, 2.75) is 64.7 Å². The smallest absolute Gasteiger partial charge is 0.156 e. The van der Waals surface area contributed by atoms with Crippen molar-refractivity contribution in [1.29, 1.82) is 0 Å². The topological polar surface area (TPSA) is 46.2 Å². The van der Waals surface area contributed by atoms with Crippen LogP contribution in [0, 0.1) is 11.8 Å². The fourth-order valence-electron chi connectivity index (χ4n) is 2.82. The molecule has 1 N–H and O–H groups in total. The lowest BCUT2D eigenvalue weighted by Gasteiger charge is -2.32. The lowest BCUT2D eigenvalue weighted by Crippen LogP contribution is -2.41. The van der Waals surface area contributed by atoms with E-state index in [1.807, 2.05) is 0 Å². The molecule has 0 amide bonds. The minimum absolute atomic E-state index is 0.246. The standard InChI is InChI=1S/C14H29NO2S/c1-11-8-12(2)10-13(9-11)15-6-7-18(16,17)14(3,4)5/h11-13,15H,6-10H2,1-5H3. The van der Waals surface area contributed by atoms with E-state index in [1.54, 1.807) is 20.8 Å². The van der Waals surface area contributed by atoms with Gasteiger partial charge in [0.25, 0.3) is 0 Å². The highest BCUT2D eigenvalue weighted by atomic mass is 32.2. The molecule has 4 heteroatoms. The second kappa shape index (κ2) is 5.91. The van der Waals surface area contributed by atoms with Gasteiger partial charge in [-0.15, -0.1) is 0 Å². The molecule has 0 aromatic rings. The Morgan fingerprint density at radius 1 is 1.06 bits per heavy atom. The van der Waals surface area contributed by atoms with Crippen molar-refractivity contribution in [3.8, 4) is 0 Å². The summed E-state index contributed by atoms with van der Waals surface area (Å²) in [4.78, 5) is 0. The molecule has 0 bridgehead atoms. The van der Waals surface area contributed by atoms with Crippen LogP contribution in [0.2, 0.25) is 0 Å². The van der Waals surface area contributed by atoms with Crippen molar-refractivity contribution in [2.24, 2.45) is 11.8 Å². The summed E-state index contributed by atoms with van der Waals surface area (Å²) in [6, 6.07) is 0.499. The molecule has 1 fully saturated rings. The van der Waals surface area contributed by atoms with E-state index in [2.05, 4.69) is 19.2 Å². The van der Waals surface area contributed by atoms with Crippen molar-refractivity contribution in [2.75, 3.05) is 12.3 Å². The molecule has 0 saturated heterocycles. The van der Waals surface area contributed by atoms with Crippen LogP contribution in [0.3, 0.4) is 0 Å². The molecular weight excluding hydrogens is 246 g/mol. The SMILES string of the molecule is CC1CC(C)CC(NCCS(=O)(=O)C(C)(C)C)C1. The van der Waals surface area contributed by atoms with Crippen LogP contribution in [0.15, 0.2) is 0 Å². The zero-order chi connectivity index (χ0) is 14.0. The molecular formula is C14H29NO2S. The Morgan fingerprint density at radius 2 is 1.56 bits per heavy atom. The lowest BCUT2D eigenvalue weighted by atomic mass is 9.80. The van der Waals surface area contributed by atoms with Crippen molar-refractivity contribution in [3.05, 3.63) is 0 Å². The average Bonchev–Trinajstić information content (AvgIpc) is 2.13. The zero-order valence-electron chi connectivity index (χ0n) is 12.5. The molecule has 1 rings (SSSR count). The van der Waals surface area contributed by atoms with Gasteiger partial charge in [0.1, 0.15) is 0 Å². The monoisotopic (exact) mass is 275 g/mol. The van der Waals surface area contributed by atoms with Gasteiger partial charge in [-0.2, -0.15) is 0 Å². The highest BCUT2D eigenvalue weighted by Gasteiger charge is 2.29. The van der Waals surface area contributed by atoms with Gasteiger partial charge in [-0.05, 0) is 51.9 Å². The van der Waals surface area contributed by atoms with Crippen LogP contribution in [0.4, 0.5) is 0 Å². The van der Waals surface area contributed by atoms with Gasteiger partial charge in [-0.25, -0.2) is 8.42 Å². The third-order valence-electron chi connectivity index (χ3n) is 3.92. The average molecular weight is 275 g/mol. The first-order valence-corrected chi connectivity index (χ1v) is 8.72. The number of nitrogens with one attached hydrogen (secondary N) is 1. The lowest BCUT2D eigenvalue weighted by molar-refractivity contribution is 0.241. The van der Waals surface area contributed by atoms with E-state index < -0.39 is 14.6 Å². The Balaban J connectivity index is 2.38. The molecule has 18 heavy (non-hydrogen) atoms. The van der Waals surface area contributed by atoms with Gasteiger partial charge in [-0.1, -0.05) is 13.8 Å². The molecule has 0 aromatic heterocycles. The van der Waals surface area contributed by atoms with Gasteiger partial charge in [-0.3, -0.25) is 0 Å². The number of hydrogen-bond donors (Lipinski definition) is 1. The maximum absolute atomic E-state index is 12.0. The Morgan fingerprint density at radius 3 is 2.00 bits per heavy atom. The van der Waals surface area contributed by atoms with E-state index >= 15 is 0 Å². The number of hydrogen-bond acceptors (Lipinski definition) is 3. The van der Waals surface area contributed by atoms with Crippen LogP contribution in [-0.4, -0.2) is 31.5 Å². The molecule has 2 atom stereocenters. The molecule has 0 spiro atoms. The van der Waals surface area contributed by atoms with Crippen LogP contribution in [-0.2, 0) is 9.84 Å². The Labute approximate surface area is 113 Å². The summed E-state index contributed by atoms with van der Waals surface area (Å²) in [5, 5.41) is 3.43. The normalized spacial score (nSPS) is 30.4. The van der Waals surface area contributed by atoms with Gasteiger partial charge in [0.2, 0.25) is 0 Å². The minimum Gasteiger partial charge on any atom is -0.313 e. The second-order valence-corrected chi connectivity index (χ2v) is 9.86. The molecule has 1 aliphatic carbocycles. The van der Waals surface area contributed by atoms with E-state index in [1.165, 1.54) is 19.3 Å². The van der Waals surface area contributed by atoms with E-state index in [-0.39, 0.29) is 5.75 Å². The summed E-state index contributed by atoms with van der Waals surface area (Å²) in [5.41, 5.74) is 0. The van der Waals surface area contributed by atoms with Crippen LogP contribution in [0.1, 0.15) is 53.9 Å². The third-order valence-corrected chi connectivity index (χ3v) is 6.52. The van der Waals surface area contributed by atoms with Crippen LogP contribution in [0.5, 0.6) is 0 Å². The van der Waals surface area contributed by atoms with Crippen molar-refractivity contribution in [1.82, 2.24) is 5.32 Å². The Bertz CT molecular complexity index is 346. The second-order valence-electron chi connectivity index (χ2n) is 7.00. The third kappa shape index (κ3) is 4.54. The Hall–Kier alpha value is -0.0900. The van der Waals surface area contributed by atoms with Crippen molar-refractivity contribution < 1.29 is 8.42 Å². The molecule has 0 aromatic carbocycles. The molecule has 3 nitrogen and oxygen atoms in total. The van der Waals surface area contributed by atoms with Gasteiger partial charge < -0.3 is 5.32 Å². The summed E-state index contributed by atoms with van der Waals surface area (Å²) in [5.74, 6) is 1.76. The first kappa shape index (κ1) is 16.0. The molecule has 108 valence electrons. The fourth-order valence-corrected chi connectivity index (χ4v) is 3.82. The van der Waals surface area contributed by atoms with Crippen molar-refractivity contribution in [3.63, 3.8) is 0 Å². The summed E-state index contributed by atoms with van der Waals surface area (Å²) in [6.45, 7) is 10.5. The maximum atomic E-state index is 12.0. The van der Waals surface area contributed by atoms with E-state index in [0.717, 1.165) is 11.8 Å². The minimum atomic E-state index is -2.99. The first-order chi connectivity index (χ1) is 8.12. The summed E-state index contributed by atoms with van der Waals surface area (Å²) in [6.07, 6.45) is 3.66. The maximum Gasteiger partial charge on any atom is 0.156 e. The fraction of sp³-hybridized carbons (Fsp3) is 1.00. The van der Waals surface area contributed by atoms with Crippen molar-refractivity contribution >= 4 is 9.84 Å². The molecule has 0 radical (unpaired) electrons. The van der Waals surface area contributed by atoms with E-state index in [4.69, 9.17) is 0 Å². The first-order valence-electron chi connectivity index (χ1n) is 7.07. The van der Waals surface area contributed by atoms with Gasteiger partial charge in [0.15, 0.2) is 9.84 Å². The highest BCUT2D eigenvalue weighted by molar-refractivity contribution is 7.92. The zero-order valence-corrected chi connectivity index (χ0v) is 13.3. The molecule has 0 aliphatic heterocycles. The van der Waals surface area contributed by atoms with Crippen LogP contribution >= 0.6 is 0 Å².